The average Bonchev–Trinajstić information content (AvgIpc) is 2.97. The van der Waals surface area contributed by atoms with Crippen molar-refractivity contribution >= 4 is 21.8 Å². The number of fused-ring (bicyclic) bond motifs is 1. The number of nitrogens with zero attached hydrogens (tertiary/aromatic N) is 2. The van der Waals surface area contributed by atoms with Crippen LogP contribution in [0.4, 0.5) is 4.39 Å². The van der Waals surface area contributed by atoms with Crippen molar-refractivity contribution in [2.45, 2.75) is 4.90 Å². The molecule has 1 saturated heterocycles. The molecule has 2 amide bonds. The molecule has 9 heteroatoms. The van der Waals surface area contributed by atoms with Crippen molar-refractivity contribution in [3.05, 3.63) is 65.5 Å². The van der Waals surface area contributed by atoms with Crippen LogP contribution < -0.4 is 4.90 Å². The fraction of sp³-hybridized carbons (Fsp3) is 0.300. The maximum absolute atomic E-state index is 13.9. The van der Waals surface area contributed by atoms with Gasteiger partial charge in [-0.05, 0) is 24.3 Å². The summed E-state index contributed by atoms with van der Waals surface area (Å²) >= 11 is 0. The highest BCUT2D eigenvalue weighted by molar-refractivity contribution is 7.89. The van der Waals surface area contributed by atoms with Gasteiger partial charge < -0.3 is 4.90 Å². The fourth-order valence-electron chi connectivity index (χ4n) is 3.80. The zero-order chi connectivity index (χ0) is 20.6. The third-order valence-electron chi connectivity index (χ3n) is 5.45. The summed E-state index contributed by atoms with van der Waals surface area (Å²) in [6.45, 7) is 2.39. The first kappa shape index (κ1) is 19.7. The first-order valence-corrected chi connectivity index (χ1v) is 10.9. The van der Waals surface area contributed by atoms with E-state index in [-0.39, 0.29) is 36.3 Å². The van der Waals surface area contributed by atoms with Gasteiger partial charge in [-0.1, -0.05) is 24.3 Å². The Hall–Kier alpha value is -2.62. The van der Waals surface area contributed by atoms with E-state index in [0.29, 0.717) is 30.8 Å². The van der Waals surface area contributed by atoms with Crippen LogP contribution in [0.15, 0.2) is 53.4 Å². The molecule has 152 valence electrons. The third-order valence-corrected chi connectivity index (χ3v) is 7.38. The number of carbonyl (C=O) groups is 2. The zero-order valence-electron chi connectivity index (χ0n) is 15.7. The second-order valence-corrected chi connectivity index (χ2v) is 9.05. The molecule has 2 aromatic rings. The second-order valence-electron chi connectivity index (χ2n) is 7.14. The first-order valence-electron chi connectivity index (χ1n) is 9.43. The van der Waals surface area contributed by atoms with E-state index in [0.717, 1.165) is 11.0 Å². The van der Waals surface area contributed by atoms with Crippen LogP contribution in [0.2, 0.25) is 0 Å². The quantitative estimate of drug-likeness (QED) is 0.694. The van der Waals surface area contributed by atoms with Gasteiger partial charge in [0.2, 0.25) is 10.0 Å². The van der Waals surface area contributed by atoms with Gasteiger partial charge in [0.25, 0.3) is 11.8 Å². The molecule has 7 nitrogen and oxygen atoms in total. The smallest absolute Gasteiger partial charge is 0.261 e. The van der Waals surface area contributed by atoms with E-state index >= 15 is 0 Å². The molecule has 0 aromatic heterocycles. The molecule has 0 bridgehead atoms. The summed E-state index contributed by atoms with van der Waals surface area (Å²) in [4.78, 5) is 26.9. The Kier molecular flexibility index (Phi) is 5.20. The number of piperazine rings is 1. The Balaban J connectivity index is 1.35. The van der Waals surface area contributed by atoms with E-state index in [1.165, 1.54) is 27.4 Å². The van der Waals surface area contributed by atoms with Crippen LogP contribution in [0.25, 0.3) is 0 Å². The highest BCUT2D eigenvalue weighted by Gasteiger charge is 2.36. The summed E-state index contributed by atoms with van der Waals surface area (Å²) < 4.78 is 40.5. The maximum Gasteiger partial charge on any atom is 0.261 e. The van der Waals surface area contributed by atoms with Gasteiger partial charge in [-0.2, -0.15) is 4.31 Å². The minimum atomic E-state index is -3.87. The SMILES string of the molecule is O=C1c2ccccc2C(=O)N1CC[NH+]1CCN(S(=O)(=O)c2ccccc2F)CC1. The van der Waals surface area contributed by atoms with Crippen LogP contribution in [0.5, 0.6) is 0 Å². The fourth-order valence-corrected chi connectivity index (χ4v) is 5.30. The standard InChI is InChI=1S/C20H20FN3O4S/c21-17-7-3-4-8-18(17)29(27,28)23-12-9-22(10-13-23)11-14-24-19(25)15-5-1-2-6-16(15)20(24)26/h1-8H,9-14H2/p+1. The third kappa shape index (κ3) is 3.57. The minimum absolute atomic E-state index is 0.258. The molecule has 0 radical (unpaired) electrons. The lowest BCUT2D eigenvalue weighted by atomic mass is 10.1. The summed E-state index contributed by atoms with van der Waals surface area (Å²) in [5.74, 6) is -1.33. The van der Waals surface area contributed by atoms with E-state index in [1.807, 2.05) is 0 Å². The topological polar surface area (TPSA) is 79.2 Å². The number of amides is 2. The zero-order valence-corrected chi connectivity index (χ0v) is 16.5. The number of benzene rings is 2. The summed E-state index contributed by atoms with van der Waals surface area (Å²) in [6, 6.07) is 12.1. The average molecular weight is 418 g/mol. The van der Waals surface area contributed by atoms with Crippen LogP contribution in [0.1, 0.15) is 20.7 Å². The van der Waals surface area contributed by atoms with Gasteiger partial charge in [0, 0.05) is 0 Å². The molecule has 0 spiro atoms. The number of rotatable bonds is 5. The largest absolute Gasteiger partial charge is 0.331 e. The van der Waals surface area contributed by atoms with Crippen molar-refractivity contribution < 1.29 is 27.3 Å². The maximum atomic E-state index is 13.9. The van der Waals surface area contributed by atoms with Crippen LogP contribution in [0, 0.1) is 5.82 Å². The number of imide groups is 1. The van der Waals surface area contributed by atoms with Gasteiger partial charge in [0.05, 0.1) is 50.4 Å². The Labute approximate surface area is 168 Å². The lowest BCUT2D eigenvalue weighted by Crippen LogP contribution is -3.15. The van der Waals surface area contributed by atoms with Gasteiger partial charge in [0.15, 0.2) is 0 Å². The molecule has 2 heterocycles. The van der Waals surface area contributed by atoms with Crippen LogP contribution >= 0.6 is 0 Å². The molecule has 2 aliphatic rings. The molecule has 2 aromatic carbocycles. The van der Waals surface area contributed by atoms with E-state index in [9.17, 15) is 22.4 Å². The molecule has 1 N–H and O–H groups in total. The molecular weight excluding hydrogens is 397 g/mol. The Bertz CT molecular complexity index is 1030. The van der Waals surface area contributed by atoms with Gasteiger partial charge in [0.1, 0.15) is 10.7 Å². The summed E-state index contributed by atoms with van der Waals surface area (Å²) in [7, 11) is -3.87. The first-order chi connectivity index (χ1) is 13.9. The van der Waals surface area contributed by atoms with Crippen LogP contribution in [-0.2, 0) is 10.0 Å². The highest BCUT2D eigenvalue weighted by atomic mass is 32.2. The van der Waals surface area contributed by atoms with Gasteiger partial charge in [-0.15, -0.1) is 0 Å². The molecule has 0 saturated carbocycles. The predicted octanol–water partition coefficient (Wildman–Crippen LogP) is 0.0111. The molecule has 29 heavy (non-hydrogen) atoms. The molecule has 4 rings (SSSR count). The second kappa shape index (κ2) is 7.66. The lowest BCUT2D eigenvalue weighted by molar-refractivity contribution is -0.902. The molecule has 2 aliphatic heterocycles. The number of carbonyl (C=O) groups excluding carboxylic acids is 2. The van der Waals surface area contributed by atoms with E-state index in [4.69, 9.17) is 0 Å². The van der Waals surface area contributed by atoms with Crippen molar-refractivity contribution in [2.24, 2.45) is 0 Å². The minimum Gasteiger partial charge on any atom is -0.331 e. The van der Waals surface area contributed by atoms with Crippen molar-refractivity contribution in [3.8, 4) is 0 Å². The van der Waals surface area contributed by atoms with Gasteiger partial charge in [-0.3, -0.25) is 14.5 Å². The highest BCUT2D eigenvalue weighted by Crippen LogP contribution is 2.22. The summed E-state index contributed by atoms with van der Waals surface area (Å²) in [5.41, 5.74) is 0.849. The van der Waals surface area contributed by atoms with E-state index in [2.05, 4.69) is 0 Å². The Morgan fingerprint density at radius 1 is 0.897 bits per heavy atom. The number of hydrogen-bond acceptors (Lipinski definition) is 4. The summed E-state index contributed by atoms with van der Waals surface area (Å²) in [6.07, 6.45) is 0. The Morgan fingerprint density at radius 3 is 2.03 bits per heavy atom. The lowest BCUT2D eigenvalue weighted by Gasteiger charge is -2.32. The predicted molar refractivity (Wildman–Crippen MR) is 103 cm³/mol. The normalized spacial score (nSPS) is 18.3. The number of halogens is 1. The van der Waals surface area contributed by atoms with Crippen LogP contribution in [0.3, 0.4) is 0 Å². The van der Waals surface area contributed by atoms with Crippen molar-refractivity contribution in [1.82, 2.24) is 9.21 Å². The molecule has 0 atom stereocenters. The Morgan fingerprint density at radius 2 is 1.45 bits per heavy atom. The number of sulfonamides is 1. The number of quaternary nitrogens is 1. The number of nitrogens with one attached hydrogen (secondary N) is 1. The molecule has 0 unspecified atom stereocenters. The molecular formula is C20H21FN3O4S+. The molecule has 1 fully saturated rings. The van der Waals surface area contributed by atoms with E-state index in [1.54, 1.807) is 24.3 Å². The summed E-state index contributed by atoms with van der Waals surface area (Å²) in [5, 5.41) is 0. The monoisotopic (exact) mass is 418 g/mol. The van der Waals surface area contributed by atoms with Crippen LogP contribution in [-0.4, -0.2) is 68.7 Å². The molecule has 0 aliphatic carbocycles. The van der Waals surface area contributed by atoms with Crippen molar-refractivity contribution in [2.75, 3.05) is 39.3 Å². The number of hydrogen-bond donors (Lipinski definition) is 1. The van der Waals surface area contributed by atoms with Gasteiger partial charge in [-0.25, -0.2) is 12.8 Å². The van der Waals surface area contributed by atoms with E-state index < -0.39 is 15.8 Å². The van der Waals surface area contributed by atoms with Crippen molar-refractivity contribution in [1.29, 1.82) is 0 Å². The van der Waals surface area contributed by atoms with Gasteiger partial charge >= 0.3 is 0 Å². The van der Waals surface area contributed by atoms with Crippen molar-refractivity contribution in [3.63, 3.8) is 0 Å².